The summed E-state index contributed by atoms with van der Waals surface area (Å²) in [6, 6.07) is 7.87. The molecule has 2 rings (SSSR count). The highest BCUT2D eigenvalue weighted by Gasteiger charge is 2.51. The molecule has 0 spiro atoms. The molecule has 6 heteroatoms. The summed E-state index contributed by atoms with van der Waals surface area (Å²) in [5.74, 6) is -1.02. The molecule has 0 heterocycles. The van der Waals surface area contributed by atoms with E-state index in [2.05, 4.69) is 10.6 Å². The molecule has 2 amide bonds. The highest BCUT2D eigenvalue weighted by Crippen LogP contribution is 2.41. The average molecular weight is 287 g/mol. The quantitative estimate of drug-likeness (QED) is 0.773. The third-order valence-corrected chi connectivity index (χ3v) is 3.80. The van der Waals surface area contributed by atoms with Crippen LogP contribution in [0.15, 0.2) is 24.3 Å². The van der Waals surface area contributed by atoms with Gasteiger partial charge in [0, 0.05) is 5.69 Å². The van der Waals surface area contributed by atoms with Crippen molar-refractivity contribution >= 4 is 17.7 Å². The summed E-state index contributed by atoms with van der Waals surface area (Å²) in [4.78, 5) is 23.6. The average Bonchev–Trinajstić information content (AvgIpc) is 3.29. The summed E-state index contributed by atoms with van der Waals surface area (Å²) in [6.45, 7) is 1.75. The molecular weight excluding hydrogens is 270 g/mol. The SMILES string of the molecule is CC[C@@](NC(=O)Nc1cccc(C#N)c1)(C(=O)O)C1CC1. The second-order valence-electron chi connectivity index (χ2n) is 5.18. The molecule has 1 atom stereocenters. The van der Waals surface area contributed by atoms with Crippen molar-refractivity contribution in [1.29, 1.82) is 5.26 Å². The Morgan fingerprint density at radius 2 is 2.19 bits per heavy atom. The summed E-state index contributed by atoms with van der Waals surface area (Å²) < 4.78 is 0. The van der Waals surface area contributed by atoms with Crippen molar-refractivity contribution in [2.24, 2.45) is 5.92 Å². The van der Waals surface area contributed by atoms with Crippen molar-refractivity contribution in [3.8, 4) is 6.07 Å². The molecule has 0 aliphatic heterocycles. The Kier molecular flexibility index (Phi) is 4.13. The minimum absolute atomic E-state index is 0.0174. The number of urea groups is 1. The van der Waals surface area contributed by atoms with E-state index < -0.39 is 17.5 Å². The largest absolute Gasteiger partial charge is 0.479 e. The first-order valence-electron chi connectivity index (χ1n) is 6.84. The lowest BCUT2D eigenvalue weighted by atomic mass is 9.90. The van der Waals surface area contributed by atoms with Crippen molar-refractivity contribution in [2.75, 3.05) is 5.32 Å². The van der Waals surface area contributed by atoms with Gasteiger partial charge in [0.1, 0.15) is 5.54 Å². The summed E-state index contributed by atoms with van der Waals surface area (Å²) >= 11 is 0. The van der Waals surface area contributed by atoms with Crippen LogP contribution in [-0.4, -0.2) is 22.6 Å². The number of hydrogen-bond donors (Lipinski definition) is 3. The van der Waals surface area contributed by atoms with Gasteiger partial charge in [0.05, 0.1) is 11.6 Å². The number of aliphatic carboxylic acids is 1. The van der Waals surface area contributed by atoms with Gasteiger partial charge in [-0.25, -0.2) is 9.59 Å². The molecule has 1 aliphatic rings. The van der Waals surface area contributed by atoms with Gasteiger partial charge < -0.3 is 15.7 Å². The fourth-order valence-corrected chi connectivity index (χ4v) is 2.47. The lowest BCUT2D eigenvalue weighted by molar-refractivity contribution is -0.145. The van der Waals surface area contributed by atoms with Gasteiger partial charge in [0.2, 0.25) is 0 Å². The van der Waals surface area contributed by atoms with Crippen LogP contribution in [0.3, 0.4) is 0 Å². The van der Waals surface area contributed by atoms with Gasteiger partial charge in [-0.05, 0) is 43.4 Å². The van der Waals surface area contributed by atoms with Crippen molar-refractivity contribution < 1.29 is 14.7 Å². The van der Waals surface area contributed by atoms with Crippen molar-refractivity contribution in [3.05, 3.63) is 29.8 Å². The molecule has 1 fully saturated rings. The lowest BCUT2D eigenvalue weighted by Gasteiger charge is -2.29. The number of carbonyl (C=O) groups excluding carboxylic acids is 1. The lowest BCUT2D eigenvalue weighted by Crippen LogP contribution is -2.57. The molecule has 110 valence electrons. The van der Waals surface area contributed by atoms with Crippen molar-refractivity contribution in [1.82, 2.24) is 5.32 Å². The molecule has 0 aromatic heterocycles. The molecule has 1 aromatic rings. The Morgan fingerprint density at radius 3 is 2.71 bits per heavy atom. The molecule has 0 unspecified atom stereocenters. The number of carboxylic acids is 1. The maximum Gasteiger partial charge on any atom is 0.329 e. The number of anilines is 1. The predicted octanol–water partition coefficient (Wildman–Crippen LogP) is 2.32. The maximum atomic E-state index is 12.1. The van der Waals surface area contributed by atoms with E-state index in [1.165, 1.54) is 6.07 Å². The normalized spacial score (nSPS) is 16.4. The number of nitrogens with zero attached hydrogens (tertiary/aromatic N) is 1. The monoisotopic (exact) mass is 287 g/mol. The van der Waals surface area contributed by atoms with Crippen LogP contribution >= 0.6 is 0 Å². The van der Waals surface area contributed by atoms with Crippen LogP contribution in [-0.2, 0) is 4.79 Å². The van der Waals surface area contributed by atoms with Gasteiger partial charge >= 0.3 is 12.0 Å². The zero-order chi connectivity index (χ0) is 15.5. The van der Waals surface area contributed by atoms with Gasteiger partial charge in [-0.1, -0.05) is 13.0 Å². The molecule has 0 saturated heterocycles. The second kappa shape index (κ2) is 5.83. The number of nitriles is 1. The molecule has 21 heavy (non-hydrogen) atoms. The van der Waals surface area contributed by atoms with Gasteiger partial charge in [0.15, 0.2) is 0 Å². The molecule has 6 nitrogen and oxygen atoms in total. The summed E-state index contributed by atoms with van der Waals surface area (Å²) in [5, 5.41) is 23.4. The number of carboxylic acid groups (broad SMARTS) is 1. The standard InChI is InChI=1S/C15H17N3O3/c1-2-15(13(19)20,11-6-7-11)18-14(21)17-12-5-3-4-10(8-12)9-16/h3-5,8,11H,2,6-7H2,1H3,(H,19,20)(H2,17,18,21)/t15-/m0/s1. The summed E-state index contributed by atoms with van der Waals surface area (Å²) in [7, 11) is 0. The first kappa shape index (κ1) is 14.9. The second-order valence-corrected chi connectivity index (χ2v) is 5.18. The van der Waals surface area contributed by atoms with E-state index in [9.17, 15) is 14.7 Å². The van der Waals surface area contributed by atoms with Crippen LogP contribution < -0.4 is 10.6 Å². The minimum Gasteiger partial charge on any atom is -0.479 e. The topological polar surface area (TPSA) is 102 Å². The van der Waals surface area contributed by atoms with E-state index in [1.807, 2.05) is 6.07 Å². The van der Waals surface area contributed by atoms with Gasteiger partial charge in [0.25, 0.3) is 0 Å². The molecule has 1 aromatic carbocycles. The zero-order valence-corrected chi connectivity index (χ0v) is 11.7. The molecule has 1 aliphatic carbocycles. The fourth-order valence-electron chi connectivity index (χ4n) is 2.47. The zero-order valence-electron chi connectivity index (χ0n) is 11.7. The first-order chi connectivity index (χ1) is 10.0. The predicted molar refractivity (Wildman–Crippen MR) is 76.7 cm³/mol. The van der Waals surface area contributed by atoms with E-state index in [0.717, 1.165) is 12.8 Å². The number of carbonyl (C=O) groups is 2. The van der Waals surface area contributed by atoms with Gasteiger partial charge in [-0.2, -0.15) is 5.26 Å². The molecule has 0 bridgehead atoms. The minimum atomic E-state index is -1.21. The Bertz CT molecular complexity index is 604. The van der Waals surface area contributed by atoms with E-state index in [-0.39, 0.29) is 5.92 Å². The van der Waals surface area contributed by atoms with Crippen LogP contribution in [0.2, 0.25) is 0 Å². The molecule has 0 radical (unpaired) electrons. The van der Waals surface area contributed by atoms with E-state index >= 15 is 0 Å². The third kappa shape index (κ3) is 3.14. The van der Waals surface area contributed by atoms with E-state index in [1.54, 1.807) is 25.1 Å². The molecule has 3 N–H and O–H groups in total. The Hall–Kier alpha value is -2.55. The highest BCUT2D eigenvalue weighted by molar-refractivity contribution is 5.94. The number of rotatable bonds is 5. The number of amides is 2. The number of hydrogen-bond acceptors (Lipinski definition) is 3. The van der Waals surface area contributed by atoms with E-state index in [4.69, 9.17) is 5.26 Å². The first-order valence-corrected chi connectivity index (χ1v) is 6.84. The summed E-state index contributed by atoms with van der Waals surface area (Å²) in [6.07, 6.45) is 1.95. The fraction of sp³-hybridized carbons (Fsp3) is 0.400. The van der Waals surface area contributed by atoms with Crippen LogP contribution in [0.5, 0.6) is 0 Å². The Balaban J connectivity index is 2.09. The van der Waals surface area contributed by atoms with Gasteiger partial charge in [-0.3, -0.25) is 0 Å². The van der Waals surface area contributed by atoms with Gasteiger partial charge in [-0.15, -0.1) is 0 Å². The summed E-state index contributed by atoms with van der Waals surface area (Å²) in [5.41, 5.74) is -0.329. The Labute approximate surface area is 122 Å². The van der Waals surface area contributed by atoms with Crippen molar-refractivity contribution in [3.63, 3.8) is 0 Å². The van der Waals surface area contributed by atoms with Crippen LogP contribution in [0.4, 0.5) is 10.5 Å². The highest BCUT2D eigenvalue weighted by atomic mass is 16.4. The van der Waals surface area contributed by atoms with Crippen LogP contribution in [0.25, 0.3) is 0 Å². The van der Waals surface area contributed by atoms with Crippen LogP contribution in [0.1, 0.15) is 31.7 Å². The van der Waals surface area contributed by atoms with Crippen LogP contribution in [0, 0.1) is 17.2 Å². The van der Waals surface area contributed by atoms with Crippen molar-refractivity contribution in [2.45, 2.75) is 31.7 Å². The molecule has 1 saturated carbocycles. The Morgan fingerprint density at radius 1 is 1.48 bits per heavy atom. The maximum absolute atomic E-state index is 12.1. The van der Waals surface area contributed by atoms with E-state index in [0.29, 0.717) is 17.7 Å². The third-order valence-electron chi connectivity index (χ3n) is 3.80. The number of nitrogens with one attached hydrogen (secondary N) is 2. The smallest absolute Gasteiger partial charge is 0.329 e. The molecular formula is C15H17N3O3. The number of benzene rings is 1.